The first-order valence-corrected chi connectivity index (χ1v) is 5.55. The summed E-state index contributed by atoms with van der Waals surface area (Å²) in [5, 5.41) is 3.30. The third kappa shape index (κ3) is 2.15. The molecule has 2 aliphatic heterocycles. The Hall–Kier alpha value is -0.830. The number of nitrogens with zero attached hydrogens (tertiary/aromatic N) is 1. The second-order valence-electron chi connectivity index (χ2n) is 4.05. The highest BCUT2D eigenvalue weighted by molar-refractivity contribution is 5.82. The number of hydrogen-bond acceptors (Lipinski definition) is 2. The number of hydrogen-bond donors (Lipinski definition) is 1. The molecule has 2 rings (SSSR count). The lowest BCUT2D eigenvalue weighted by atomic mass is 10.0. The van der Waals surface area contributed by atoms with Crippen molar-refractivity contribution in [2.75, 3.05) is 19.6 Å². The van der Waals surface area contributed by atoms with Crippen LogP contribution in [-0.2, 0) is 4.79 Å². The quantitative estimate of drug-likeness (QED) is 0.629. The summed E-state index contributed by atoms with van der Waals surface area (Å²) in [7, 11) is 0. The molecule has 0 aromatic rings. The molecule has 14 heavy (non-hydrogen) atoms. The van der Waals surface area contributed by atoms with E-state index in [0.29, 0.717) is 5.91 Å². The van der Waals surface area contributed by atoms with Crippen LogP contribution >= 0.6 is 0 Å². The van der Waals surface area contributed by atoms with Gasteiger partial charge in [-0.3, -0.25) is 4.79 Å². The number of rotatable bonds is 1. The van der Waals surface area contributed by atoms with E-state index < -0.39 is 0 Å². The minimum absolute atomic E-state index is 0.0928. The van der Waals surface area contributed by atoms with Gasteiger partial charge in [-0.05, 0) is 25.8 Å². The van der Waals surface area contributed by atoms with Gasteiger partial charge in [-0.25, -0.2) is 0 Å². The minimum Gasteiger partial charge on any atom is -0.337 e. The molecule has 1 N–H and O–H groups in total. The maximum absolute atomic E-state index is 12.0. The molecular weight excluding hydrogens is 176 g/mol. The molecule has 1 atom stereocenters. The van der Waals surface area contributed by atoms with Crippen LogP contribution in [0.2, 0.25) is 0 Å². The van der Waals surface area contributed by atoms with Crippen LogP contribution in [0.5, 0.6) is 0 Å². The van der Waals surface area contributed by atoms with Crippen LogP contribution in [0, 0.1) is 0 Å². The number of piperidine rings is 1. The summed E-state index contributed by atoms with van der Waals surface area (Å²) in [5.41, 5.74) is 0. The molecule has 0 bridgehead atoms. The summed E-state index contributed by atoms with van der Waals surface area (Å²) in [6.07, 6.45) is 8.66. The average Bonchev–Trinajstić information content (AvgIpc) is 2.30. The maximum atomic E-state index is 12.0. The first-order valence-electron chi connectivity index (χ1n) is 5.55. The van der Waals surface area contributed by atoms with Crippen LogP contribution in [0.3, 0.4) is 0 Å². The van der Waals surface area contributed by atoms with Gasteiger partial charge in [0.15, 0.2) is 0 Å². The van der Waals surface area contributed by atoms with Crippen LogP contribution in [0.1, 0.15) is 25.7 Å². The number of carbonyl (C=O) groups is 1. The molecular formula is C11H18N2O. The predicted molar refractivity (Wildman–Crippen MR) is 56.0 cm³/mol. The lowest BCUT2D eigenvalue weighted by Crippen LogP contribution is -2.49. The monoisotopic (exact) mass is 194 g/mol. The third-order valence-corrected chi connectivity index (χ3v) is 2.98. The molecule has 2 heterocycles. The lowest BCUT2D eigenvalue weighted by molar-refractivity contribution is -0.133. The topological polar surface area (TPSA) is 32.3 Å². The van der Waals surface area contributed by atoms with E-state index in [0.717, 1.165) is 32.5 Å². The van der Waals surface area contributed by atoms with Gasteiger partial charge in [0, 0.05) is 13.1 Å². The molecule has 0 aromatic heterocycles. The second kappa shape index (κ2) is 4.60. The molecule has 0 radical (unpaired) electrons. The van der Waals surface area contributed by atoms with E-state index >= 15 is 0 Å². The van der Waals surface area contributed by atoms with E-state index in [1.807, 2.05) is 4.90 Å². The Morgan fingerprint density at radius 1 is 1.36 bits per heavy atom. The van der Waals surface area contributed by atoms with Crippen molar-refractivity contribution >= 4 is 5.91 Å². The SMILES string of the molecule is O=C(C1CCCCN1)N1CC=CCC1. The number of amides is 1. The Balaban J connectivity index is 1.89. The van der Waals surface area contributed by atoms with Gasteiger partial charge in [-0.15, -0.1) is 0 Å². The largest absolute Gasteiger partial charge is 0.337 e. The zero-order valence-electron chi connectivity index (χ0n) is 8.54. The summed E-state index contributed by atoms with van der Waals surface area (Å²) in [6.45, 7) is 2.70. The van der Waals surface area contributed by atoms with Gasteiger partial charge in [0.25, 0.3) is 0 Å². The fraction of sp³-hybridized carbons (Fsp3) is 0.727. The molecule has 78 valence electrons. The van der Waals surface area contributed by atoms with Crippen molar-refractivity contribution in [3.8, 4) is 0 Å². The highest BCUT2D eigenvalue weighted by Gasteiger charge is 2.25. The Morgan fingerprint density at radius 2 is 2.29 bits per heavy atom. The maximum Gasteiger partial charge on any atom is 0.239 e. The van der Waals surface area contributed by atoms with Crippen LogP contribution in [-0.4, -0.2) is 36.5 Å². The fourth-order valence-electron chi connectivity index (χ4n) is 2.12. The van der Waals surface area contributed by atoms with Crippen LogP contribution in [0.15, 0.2) is 12.2 Å². The Kier molecular flexibility index (Phi) is 3.19. The second-order valence-corrected chi connectivity index (χ2v) is 4.05. The van der Waals surface area contributed by atoms with Gasteiger partial charge < -0.3 is 10.2 Å². The summed E-state index contributed by atoms with van der Waals surface area (Å²) < 4.78 is 0. The zero-order chi connectivity index (χ0) is 9.80. The smallest absolute Gasteiger partial charge is 0.239 e. The summed E-state index contributed by atoms with van der Waals surface area (Å²) in [5.74, 6) is 0.300. The Labute approximate surface area is 85.2 Å². The molecule has 1 amide bonds. The molecule has 0 spiro atoms. The summed E-state index contributed by atoms with van der Waals surface area (Å²) in [6, 6.07) is 0.0928. The van der Waals surface area contributed by atoms with E-state index in [1.54, 1.807) is 0 Å². The van der Waals surface area contributed by atoms with Gasteiger partial charge >= 0.3 is 0 Å². The van der Waals surface area contributed by atoms with Gasteiger partial charge in [0.1, 0.15) is 0 Å². The molecule has 0 aliphatic carbocycles. The number of nitrogens with one attached hydrogen (secondary N) is 1. The highest BCUT2D eigenvalue weighted by Crippen LogP contribution is 2.11. The minimum atomic E-state index is 0.0928. The molecule has 2 aliphatic rings. The lowest BCUT2D eigenvalue weighted by Gasteiger charge is -2.30. The van der Waals surface area contributed by atoms with Gasteiger partial charge in [0.2, 0.25) is 5.91 Å². The normalized spacial score (nSPS) is 27.7. The summed E-state index contributed by atoms with van der Waals surface area (Å²) >= 11 is 0. The molecule has 3 heteroatoms. The molecule has 0 saturated carbocycles. The Bertz CT molecular complexity index is 231. The third-order valence-electron chi connectivity index (χ3n) is 2.98. The van der Waals surface area contributed by atoms with Crippen molar-refractivity contribution < 1.29 is 4.79 Å². The molecule has 1 unspecified atom stereocenters. The first-order chi connectivity index (χ1) is 6.88. The predicted octanol–water partition coefficient (Wildman–Crippen LogP) is 0.917. The van der Waals surface area contributed by atoms with E-state index in [4.69, 9.17) is 0 Å². The van der Waals surface area contributed by atoms with Crippen molar-refractivity contribution in [2.24, 2.45) is 0 Å². The van der Waals surface area contributed by atoms with Crippen molar-refractivity contribution in [1.29, 1.82) is 0 Å². The van der Waals surface area contributed by atoms with Crippen LogP contribution in [0.25, 0.3) is 0 Å². The van der Waals surface area contributed by atoms with Crippen molar-refractivity contribution in [3.05, 3.63) is 12.2 Å². The fourth-order valence-corrected chi connectivity index (χ4v) is 2.12. The van der Waals surface area contributed by atoms with E-state index in [-0.39, 0.29) is 6.04 Å². The van der Waals surface area contributed by atoms with Gasteiger partial charge in [-0.2, -0.15) is 0 Å². The zero-order valence-corrected chi connectivity index (χ0v) is 8.54. The van der Waals surface area contributed by atoms with E-state index in [2.05, 4.69) is 17.5 Å². The summed E-state index contributed by atoms with van der Waals surface area (Å²) in [4.78, 5) is 13.9. The molecule has 1 fully saturated rings. The van der Waals surface area contributed by atoms with Crippen LogP contribution < -0.4 is 5.32 Å². The van der Waals surface area contributed by atoms with Crippen molar-refractivity contribution in [1.82, 2.24) is 10.2 Å². The molecule has 3 nitrogen and oxygen atoms in total. The molecule has 0 aromatic carbocycles. The van der Waals surface area contributed by atoms with E-state index in [1.165, 1.54) is 12.8 Å². The molecule has 1 saturated heterocycles. The van der Waals surface area contributed by atoms with Gasteiger partial charge in [-0.1, -0.05) is 18.6 Å². The highest BCUT2D eigenvalue weighted by atomic mass is 16.2. The standard InChI is InChI=1S/C11H18N2O/c14-11(10-6-2-3-7-12-10)13-8-4-1-5-9-13/h1,4,10,12H,2-3,5-9H2. The average molecular weight is 194 g/mol. The Morgan fingerprint density at radius 3 is 2.93 bits per heavy atom. The number of carbonyl (C=O) groups excluding carboxylic acids is 1. The van der Waals surface area contributed by atoms with Crippen LogP contribution in [0.4, 0.5) is 0 Å². The van der Waals surface area contributed by atoms with Crippen molar-refractivity contribution in [3.63, 3.8) is 0 Å². The first kappa shape index (κ1) is 9.71. The van der Waals surface area contributed by atoms with E-state index in [9.17, 15) is 4.79 Å². The van der Waals surface area contributed by atoms with Gasteiger partial charge in [0.05, 0.1) is 6.04 Å². The van der Waals surface area contributed by atoms with Crippen molar-refractivity contribution in [2.45, 2.75) is 31.7 Å².